The van der Waals surface area contributed by atoms with Crippen LogP contribution in [0.5, 0.6) is 5.88 Å². The van der Waals surface area contributed by atoms with Crippen LogP contribution in [0.25, 0.3) is 0 Å². The number of nitrogens with zero attached hydrogens (tertiary/aromatic N) is 1. The first-order chi connectivity index (χ1) is 10.1. The van der Waals surface area contributed by atoms with Gasteiger partial charge in [-0.25, -0.2) is 4.98 Å². The SMILES string of the molecule is O=C(COc1cccc(Cl)n1)C12CC3CC(CC(C3)C1)C2. The second kappa shape index (κ2) is 4.98. The molecule has 0 atom stereocenters. The summed E-state index contributed by atoms with van der Waals surface area (Å²) in [5.74, 6) is 3.07. The Labute approximate surface area is 130 Å². The van der Waals surface area contributed by atoms with Gasteiger partial charge in [-0.15, -0.1) is 0 Å². The summed E-state index contributed by atoms with van der Waals surface area (Å²) in [5, 5.41) is 0.398. The fourth-order valence-electron chi connectivity index (χ4n) is 5.21. The molecule has 0 radical (unpaired) electrons. The Morgan fingerprint density at radius 3 is 2.38 bits per heavy atom. The Hall–Kier alpha value is -1.09. The van der Waals surface area contributed by atoms with Crippen LogP contribution in [-0.4, -0.2) is 17.4 Å². The van der Waals surface area contributed by atoms with E-state index in [2.05, 4.69) is 4.98 Å². The maximum atomic E-state index is 12.8. The van der Waals surface area contributed by atoms with Crippen LogP contribution in [-0.2, 0) is 4.79 Å². The molecule has 3 nitrogen and oxygen atoms in total. The zero-order valence-electron chi connectivity index (χ0n) is 12.1. The van der Waals surface area contributed by atoms with Crippen molar-refractivity contribution in [1.82, 2.24) is 4.98 Å². The highest BCUT2D eigenvalue weighted by atomic mass is 35.5. The largest absolute Gasteiger partial charge is 0.470 e. The second-order valence-corrected chi connectivity index (χ2v) is 7.60. The van der Waals surface area contributed by atoms with E-state index in [1.807, 2.05) is 0 Å². The van der Waals surface area contributed by atoms with E-state index in [1.165, 1.54) is 19.3 Å². The van der Waals surface area contributed by atoms with Crippen LogP contribution in [0.3, 0.4) is 0 Å². The van der Waals surface area contributed by atoms with Crippen LogP contribution < -0.4 is 4.74 Å². The summed E-state index contributed by atoms with van der Waals surface area (Å²) in [6.07, 6.45) is 7.31. The van der Waals surface area contributed by atoms with Crippen LogP contribution >= 0.6 is 11.6 Å². The molecule has 0 spiro atoms. The molecule has 0 saturated heterocycles. The molecule has 0 aliphatic heterocycles. The Bertz CT molecular complexity index is 536. The normalized spacial score (nSPS) is 36.7. The van der Waals surface area contributed by atoms with E-state index < -0.39 is 0 Å². The van der Waals surface area contributed by atoms with E-state index in [1.54, 1.807) is 18.2 Å². The summed E-state index contributed by atoms with van der Waals surface area (Å²) in [4.78, 5) is 16.9. The number of hydrogen-bond donors (Lipinski definition) is 0. The number of carbonyl (C=O) groups is 1. The molecule has 4 saturated carbocycles. The molecule has 112 valence electrons. The molecule has 0 unspecified atom stereocenters. The third-order valence-electron chi connectivity index (χ3n) is 5.67. The van der Waals surface area contributed by atoms with Gasteiger partial charge < -0.3 is 4.74 Å². The van der Waals surface area contributed by atoms with Gasteiger partial charge in [0.25, 0.3) is 0 Å². The number of Topliss-reactive ketones (excluding diaryl/α,β-unsaturated/α-hetero) is 1. The summed E-state index contributed by atoms with van der Waals surface area (Å²) < 4.78 is 5.59. The Balaban J connectivity index is 1.45. The van der Waals surface area contributed by atoms with E-state index in [0.717, 1.165) is 37.0 Å². The van der Waals surface area contributed by atoms with Crippen molar-refractivity contribution in [1.29, 1.82) is 0 Å². The molecule has 1 aromatic rings. The topological polar surface area (TPSA) is 39.2 Å². The molecular formula is C17H20ClNO2. The van der Waals surface area contributed by atoms with E-state index in [9.17, 15) is 4.79 Å². The van der Waals surface area contributed by atoms with Crippen molar-refractivity contribution in [2.45, 2.75) is 38.5 Å². The van der Waals surface area contributed by atoms with Crippen LogP contribution in [0.1, 0.15) is 38.5 Å². The minimum atomic E-state index is -0.0900. The van der Waals surface area contributed by atoms with Crippen molar-refractivity contribution in [3.05, 3.63) is 23.4 Å². The highest BCUT2D eigenvalue weighted by molar-refractivity contribution is 6.29. The van der Waals surface area contributed by atoms with E-state index in [-0.39, 0.29) is 17.8 Å². The van der Waals surface area contributed by atoms with Crippen LogP contribution in [0, 0.1) is 23.2 Å². The molecule has 4 heteroatoms. The number of ether oxygens (including phenoxy) is 1. The van der Waals surface area contributed by atoms with Crippen molar-refractivity contribution in [3.8, 4) is 5.88 Å². The van der Waals surface area contributed by atoms with Gasteiger partial charge in [-0.3, -0.25) is 4.79 Å². The molecule has 0 amide bonds. The highest BCUT2D eigenvalue weighted by Crippen LogP contribution is 2.60. The first-order valence-corrected chi connectivity index (χ1v) is 8.29. The van der Waals surface area contributed by atoms with Gasteiger partial charge in [0, 0.05) is 11.5 Å². The van der Waals surface area contributed by atoms with Gasteiger partial charge in [-0.2, -0.15) is 0 Å². The summed E-state index contributed by atoms with van der Waals surface area (Å²) in [5.41, 5.74) is -0.0900. The van der Waals surface area contributed by atoms with Gasteiger partial charge in [-0.1, -0.05) is 17.7 Å². The second-order valence-electron chi connectivity index (χ2n) is 7.21. The first kappa shape index (κ1) is 13.6. The van der Waals surface area contributed by atoms with Crippen LogP contribution in [0.4, 0.5) is 0 Å². The number of carbonyl (C=O) groups excluding carboxylic acids is 1. The smallest absolute Gasteiger partial charge is 0.215 e. The predicted molar refractivity (Wildman–Crippen MR) is 80.4 cm³/mol. The Kier molecular flexibility index (Phi) is 3.21. The zero-order valence-corrected chi connectivity index (χ0v) is 12.8. The lowest BCUT2D eigenvalue weighted by atomic mass is 9.48. The third-order valence-corrected chi connectivity index (χ3v) is 5.88. The molecule has 0 aromatic carbocycles. The maximum absolute atomic E-state index is 12.8. The maximum Gasteiger partial charge on any atom is 0.215 e. The fraction of sp³-hybridized carbons (Fsp3) is 0.647. The Morgan fingerprint density at radius 1 is 1.19 bits per heavy atom. The molecule has 21 heavy (non-hydrogen) atoms. The molecule has 4 bridgehead atoms. The standard InChI is InChI=1S/C17H20ClNO2/c18-15-2-1-3-16(19-15)21-10-14(20)17-7-11-4-12(8-17)6-13(5-11)9-17/h1-3,11-13H,4-10H2. The lowest BCUT2D eigenvalue weighted by Crippen LogP contribution is -2.51. The van der Waals surface area contributed by atoms with Gasteiger partial charge in [0.1, 0.15) is 11.8 Å². The van der Waals surface area contributed by atoms with Crippen LogP contribution in [0.2, 0.25) is 5.15 Å². The average molecular weight is 306 g/mol. The lowest BCUT2D eigenvalue weighted by Gasteiger charge is -2.55. The molecular weight excluding hydrogens is 286 g/mol. The highest BCUT2D eigenvalue weighted by Gasteiger charge is 2.54. The molecule has 4 aliphatic rings. The Morgan fingerprint density at radius 2 is 1.81 bits per heavy atom. The van der Waals surface area contributed by atoms with Crippen molar-refractivity contribution < 1.29 is 9.53 Å². The first-order valence-electron chi connectivity index (χ1n) is 7.92. The minimum Gasteiger partial charge on any atom is -0.470 e. The van der Waals surface area contributed by atoms with Gasteiger partial charge in [0.2, 0.25) is 5.88 Å². The summed E-state index contributed by atoms with van der Waals surface area (Å²) in [6, 6.07) is 5.24. The zero-order chi connectivity index (χ0) is 14.4. The number of ketones is 1. The van der Waals surface area contributed by atoms with Gasteiger partial charge in [0.15, 0.2) is 5.78 Å². The number of halogens is 1. The van der Waals surface area contributed by atoms with E-state index in [4.69, 9.17) is 16.3 Å². The fourth-order valence-corrected chi connectivity index (χ4v) is 5.37. The summed E-state index contributed by atoms with van der Waals surface area (Å²) in [6.45, 7) is 0.138. The van der Waals surface area contributed by atoms with E-state index >= 15 is 0 Å². The molecule has 4 fully saturated rings. The summed E-state index contributed by atoms with van der Waals surface area (Å²) >= 11 is 5.84. The van der Waals surface area contributed by atoms with Gasteiger partial charge >= 0.3 is 0 Å². The van der Waals surface area contributed by atoms with Gasteiger partial charge in [-0.05, 0) is 62.3 Å². The average Bonchev–Trinajstić information content (AvgIpc) is 2.43. The quantitative estimate of drug-likeness (QED) is 0.792. The van der Waals surface area contributed by atoms with Gasteiger partial charge in [0.05, 0.1) is 0 Å². The van der Waals surface area contributed by atoms with Crippen molar-refractivity contribution in [3.63, 3.8) is 0 Å². The summed E-state index contributed by atoms with van der Waals surface area (Å²) in [7, 11) is 0. The molecule has 4 aliphatic carbocycles. The van der Waals surface area contributed by atoms with Crippen molar-refractivity contribution in [2.75, 3.05) is 6.61 Å². The van der Waals surface area contributed by atoms with Crippen LogP contribution in [0.15, 0.2) is 18.2 Å². The number of pyridine rings is 1. The molecule has 1 aromatic heterocycles. The number of hydrogen-bond acceptors (Lipinski definition) is 3. The van der Waals surface area contributed by atoms with E-state index in [0.29, 0.717) is 11.0 Å². The molecule has 0 N–H and O–H groups in total. The number of aromatic nitrogens is 1. The third kappa shape index (κ3) is 2.46. The van der Waals surface area contributed by atoms with Crippen molar-refractivity contribution >= 4 is 17.4 Å². The minimum absolute atomic E-state index is 0.0900. The molecule has 5 rings (SSSR count). The number of rotatable bonds is 4. The van der Waals surface area contributed by atoms with Crippen molar-refractivity contribution in [2.24, 2.45) is 23.2 Å². The predicted octanol–water partition coefficient (Wildman–Crippen LogP) is 3.90. The molecule has 1 heterocycles. The lowest BCUT2D eigenvalue weighted by molar-refractivity contribution is -0.146. The monoisotopic (exact) mass is 305 g/mol.